The van der Waals surface area contributed by atoms with Gasteiger partial charge >= 0.3 is 0 Å². The largest absolute Gasteiger partial charge is 0.495 e. The van der Waals surface area contributed by atoms with Gasteiger partial charge in [0.1, 0.15) is 0 Å². The van der Waals surface area contributed by atoms with Crippen LogP contribution >= 0.6 is 0 Å². The van der Waals surface area contributed by atoms with Crippen LogP contribution in [0.1, 0.15) is 40.5 Å². The highest BCUT2D eigenvalue weighted by Crippen LogP contribution is 2.24. The minimum atomic E-state index is 0.306. The fourth-order valence-corrected chi connectivity index (χ4v) is 1.52. The molecule has 0 aromatic rings. The Morgan fingerprint density at radius 2 is 1.77 bits per heavy atom. The van der Waals surface area contributed by atoms with Gasteiger partial charge in [-0.25, -0.2) is 0 Å². The lowest BCUT2D eigenvalue weighted by molar-refractivity contribution is 0.138. The summed E-state index contributed by atoms with van der Waals surface area (Å²) < 4.78 is 5.64. The first-order valence-electron chi connectivity index (χ1n) is 5.16. The molecule has 0 aromatic carbocycles. The van der Waals surface area contributed by atoms with Crippen molar-refractivity contribution in [3.63, 3.8) is 0 Å². The fraction of sp³-hybridized carbons (Fsp3) is 0.667. The molecule has 74 valence electrons. The molecule has 13 heavy (non-hydrogen) atoms. The van der Waals surface area contributed by atoms with E-state index in [2.05, 4.69) is 39.8 Å². The van der Waals surface area contributed by atoms with Gasteiger partial charge in [-0.15, -0.1) is 0 Å². The molecule has 0 atom stereocenters. The van der Waals surface area contributed by atoms with Crippen molar-refractivity contribution < 1.29 is 4.74 Å². The lowest BCUT2D eigenvalue weighted by Crippen LogP contribution is -2.06. The van der Waals surface area contributed by atoms with E-state index in [1.54, 1.807) is 0 Å². The summed E-state index contributed by atoms with van der Waals surface area (Å²) in [6, 6.07) is 0. The molecule has 0 aromatic heterocycles. The van der Waals surface area contributed by atoms with E-state index in [1.807, 2.05) is 0 Å². The molecule has 0 saturated heterocycles. The van der Waals surface area contributed by atoms with E-state index in [4.69, 9.17) is 4.74 Å². The van der Waals surface area contributed by atoms with Gasteiger partial charge in [-0.05, 0) is 32.3 Å². The maximum absolute atomic E-state index is 5.64. The Balaban J connectivity index is 2.54. The molecule has 1 aliphatic rings. The summed E-state index contributed by atoms with van der Waals surface area (Å²) >= 11 is 0. The molecular formula is C12H20O. The lowest BCUT2D eigenvalue weighted by Gasteiger charge is -2.19. The van der Waals surface area contributed by atoms with Gasteiger partial charge in [0, 0.05) is 6.42 Å². The predicted octanol–water partition coefficient (Wildman–Crippen LogP) is 3.67. The van der Waals surface area contributed by atoms with Gasteiger partial charge < -0.3 is 4.74 Å². The Kier molecular flexibility index (Phi) is 3.58. The zero-order valence-corrected chi connectivity index (χ0v) is 9.13. The molecule has 1 aliphatic carbocycles. The monoisotopic (exact) mass is 180 g/mol. The average molecular weight is 180 g/mol. The summed E-state index contributed by atoms with van der Waals surface area (Å²) in [5, 5.41) is 0. The number of hydrogen-bond donors (Lipinski definition) is 0. The van der Waals surface area contributed by atoms with E-state index in [0.717, 1.165) is 18.6 Å². The summed E-state index contributed by atoms with van der Waals surface area (Å²) in [4.78, 5) is 0. The SMILES string of the molecule is CC(C)OC1=CC=C(C(C)C)CC1. The molecule has 0 N–H and O–H groups in total. The van der Waals surface area contributed by atoms with Crippen LogP contribution in [-0.2, 0) is 4.74 Å². The van der Waals surface area contributed by atoms with E-state index in [9.17, 15) is 0 Å². The molecule has 0 fully saturated rings. The van der Waals surface area contributed by atoms with Crippen molar-refractivity contribution >= 4 is 0 Å². The third kappa shape index (κ3) is 3.25. The summed E-state index contributed by atoms with van der Waals surface area (Å²) in [6.07, 6.45) is 6.88. The van der Waals surface area contributed by atoms with Crippen molar-refractivity contribution in [1.82, 2.24) is 0 Å². The first kappa shape index (κ1) is 10.4. The van der Waals surface area contributed by atoms with Crippen molar-refractivity contribution in [3.05, 3.63) is 23.5 Å². The van der Waals surface area contributed by atoms with Crippen LogP contribution in [0.5, 0.6) is 0 Å². The smallest absolute Gasteiger partial charge is 0.0966 e. The Labute approximate surface area is 81.5 Å². The third-order valence-electron chi connectivity index (χ3n) is 2.27. The highest BCUT2D eigenvalue weighted by atomic mass is 16.5. The summed E-state index contributed by atoms with van der Waals surface area (Å²) in [5.74, 6) is 1.82. The van der Waals surface area contributed by atoms with Crippen molar-refractivity contribution in [1.29, 1.82) is 0 Å². The van der Waals surface area contributed by atoms with Crippen molar-refractivity contribution in [2.45, 2.75) is 46.6 Å². The Bertz CT molecular complexity index is 221. The minimum Gasteiger partial charge on any atom is -0.495 e. The lowest BCUT2D eigenvalue weighted by atomic mass is 9.94. The predicted molar refractivity (Wildman–Crippen MR) is 56.5 cm³/mol. The van der Waals surface area contributed by atoms with E-state index in [1.165, 1.54) is 5.57 Å². The second kappa shape index (κ2) is 4.50. The first-order valence-corrected chi connectivity index (χ1v) is 5.16. The van der Waals surface area contributed by atoms with Gasteiger partial charge in [0.05, 0.1) is 11.9 Å². The molecule has 0 amide bonds. The van der Waals surface area contributed by atoms with Gasteiger partial charge in [0.2, 0.25) is 0 Å². The molecule has 0 spiro atoms. The highest BCUT2D eigenvalue weighted by Gasteiger charge is 2.10. The summed E-state index contributed by atoms with van der Waals surface area (Å²) in [7, 11) is 0. The quantitative estimate of drug-likeness (QED) is 0.644. The molecule has 0 aliphatic heterocycles. The molecule has 0 unspecified atom stereocenters. The average Bonchev–Trinajstić information content (AvgIpc) is 2.04. The molecule has 0 saturated carbocycles. The van der Waals surface area contributed by atoms with Crippen LogP contribution in [-0.4, -0.2) is 6.10 Å². The van der Waals surface area contributed by atoms with Crippen LogP contribution in [0, 0.1) is 5.92 Å². The van der Waals surface area contributed by atoms with Gasteiger partial charge in [-0.2, -0.15) is 0 Å². The van der Waals surface area contributed by atoms with E-state index in [0.29, 0.717) is 12.0 Å². The van der Waals surface area contributed by atoms with E-state index >= 15 is 0 Å². The molecule has 0 radical (unpaired) electrons. The molecular weight excluding hydrogens is 160 g/mol. The van der Waals surface area contributed by atoms with Crippen LogP contribution in [0.3, 0.4) is 0 Å². The zero-order chi connectivity index (χ0) is 9.84. The number of rotatable bonds is 3. The van der Waals surface area contributed by atoms with Crippen LogP contribution in [0.2, 0.25) is 0 Å². The van der Waals surface area contributed by atoms with Crippen molar-refractivity contribution in [2.24, 2.45) is 5.92 Å². The van der Waals surface area contributed by atoms with Gasteiger partial charge in [-0.1, -0.05) is 25.5 Å². The summed E-state index contributed by atoms with van der Waals surface area (Å²) in [5.41, 5.74) is 1.54. The van der Waals surface area contributed by atoms with Crippen molar-refractivity contribution in [3.8, 4) is 0 Å². The maximum Gasteiger partial charge on any atom is 0.0966 e. The topological polar surface area (TPSA) is 9.23 Å². The molecule has 0 heterocycles. The third-order valence-corrected chi connectivity index (χ3v) is 2.27. The van der Waals surface area contributed by atoms with Crippen molar-refractivity contribution in [2.75, 3.05) is 0 Å². The Hall–Kier alpha value is -0.720. The fourth-order valence-electron chi connectivity index (χ4n) is 1.52. The molecule has 0 bridgehead atoms. The second-order valence-electron chi connectivity index (χ2n) is 4.20. The van der Waals surface area contributed by atoms with Gasteiger partial charge in [-0.3, -0.25) is 0 Å². The normalized spacial score (nSPS) is 17.4. The van der Waals surface area contributed by atoms with Gasteiger partial charge in [0.25, 0.3) is 0 Å². The minimum absolute atomic E-state index is 0.306. The Morgan fingerprint density at radius 1 is 1.08 bits per heavy atom. The zero-order valence-electron chi connectivity index (χ0n) is 9.13. The highest BCUT2D eigenvalue weighted by molar-refractivity contribution is 5.22. The molecule has 1 nitrogen and oxygen atoms in total. The van der Waals surface area contributed by atoms with Crippen LogP contribution in [0.15, 0.2) is 23.5 Å². The van der Waals surface area contributed by atoms with Crippen LogP contribution in [0.25, 0.3) is 0 Å². The standard InChI is InChI=1S/C12H20O/c1-9(2)11-5-7-12(8-6-11)13-10(3)4/h5,7,9-10H,6,8H2,1-4H3. The molecule has 1 heteroatoms. The Morgan fingerprint density at radius 3 is 2.15 bits per heavy atom. The molecule has 1 rings (SSSR count). The maximum atomic E-state index is 5.64. The van der Waals surface area contributed by atoms with Crippen LogP contribution in [0.4, 0.5) is 0 Å². The first-order chi connectivity index (χ1) is 6.09. The number of hydrogen-bond acceptors (Lipinski definition) is 1. The van der Waals surface area contributed by atoms with Crippen LogP contribution < -0.4 is 0 Å². The number of allylic oxidation sites excluding steroid dienone is 4. The summed E-state index contributed by atoms with van der Waals surface area (Å²) in [6.45, 7) is 8.63. The van der Waals surface area contributed by atoms with E-state index in [-0.39, 0.29) is 0 Å². The number of ether oxygens (including phenoxy) is 1. The van der Waals surface area contributed by atoms with Gasteiger partial charge in [0.15, 0.2) is 0 Å². The van der Waals surface area contributed by atoms with E-state index < -0.39 is 0 Å². The second-order valence-corrected chi connectivity index (χ2v) is 4.20.